The van der Waals surface area contributed by atoms with E-state index in [4.69, 9.17) is 19.3 Å². The van der Waals surface area contributed by atoms with Gasteiger partial charge in [0.1, 0.15) is 0 Å². The van der Waals surface area contributed by atoms with Crippen LogP contribution in [0.2, 0.25) is 0 Å². The van der Waals surface area contributed by atoms with Crippen LogP contribution in [0.3, 0.4) is 0 Å². The van der Waals surface area contributed by atoms with Gasteiger partial charge in [-0.2, -0.15) is 0 Å². The molecule has 1 aromatic carbocycles. The zero-order valence-corrected chi connectivity index (χ0v) is 12.2. The van der Waals surface area contributed by atoms with E-state index in [0.717, 1.165) is 6.42 Å². The SMILES string of the molecule is CCC/C(=C\C(=O)O)c1ccc(OC)c(OC)c1OC. The first-order valence-corrected chi connectivity index (χ1v) is 6.31. The summed E-state index contributed by atoms with van der Waals surface area (Å²) in [4.78, 5) is 11.0. The summed E-state index contributed by atoms with van der Waals surface area (Å²) in [5.74, 6) is 0.497. The number of rotatable bonds is 7. The van der Waals surface area contributed by atoms with E-state index in [2.05, 4.69) is 0 Å². The number of carbonyl (C=O) groups is 1. The summed E-state index contributed by atoms with van der Waals surface area (Å²) in [5.41, 5.74) is 1.40. The number of carboxylic acids is 1. The maximum Gasteiger partial charge on any atom is 0.328 e. The van der Waals surface area contributed by atoms with Crippen LogP contribution in [0, 0.1) is 0 Å². The molecule has 0 bridgehead atoms. The summed E-state index contributed by atoms with van der Waals surface area (Å²) in [6, 6.07) is 3.52. The number of hydrogen-bond donors (Lipinski definition) is 1. The molecule has 0 saturated heterocycles. The molecule has 110 valence electrons. The van der Waals surface area contributed by atoms with E-state index in [1.54, 1.807) is 12.1 Å². The van der Waals surface area contributed by atoms with Crippen molar-refractivity contribution in [2.24, 2.45) is 0 Å². The van der Waals surface area contributed by atoms with E-state index in [0.29, 0.717) is 34.8 Å². The summed E-state index contributed by atoms with van der Waals surface area (Å²) in [5, 5.41) is 8.99. The molecule has 0 aliphatic carbocycles. The van der Waals surface area contributed by atoms with Crippen molar-refractivity contribution in [3.05, 3.63) is 23.8 Å². The Balaban J connectivity index is 3.46. The highest BCUT2D eigenvalue weighted by atomic mass is 16.5. The predicted octanol–water partition coefficient (Wildman–Crippen LogP) is 2.98. The number of carboxylic acid groups (broad SMARTS) is 1. The number of methoxy groups -OCH3 is 3. The Hall–Kier alpha value is -2.17. The van der Waals surface area contributed by atoms with Gasteiger partial charge in [-0.1, -0.05) is 13.3 Å². The summed E-state index contributed by atoms with van der Waals surface area (Å²) in [6.07, 6.45) is 2.67. The van der Waals surface area contributed by atoms with Crippen molar-refractivity contribution < 1.29 is 24.1 Å². The third kappa shape index (κ3) is 3.44. The Bertz CT molecular complexity index is 505. The second-order valence-electron chi connectivity index (χ2n) is 4.14. The van der Waals surface area contributed by atoms with Crippen molar-refractivity contribution in [1.29, 1.82) is 0 Å². The molecule has 0 aliphatic rings. The molecule has 1 aromatic rings. The lowest BCUT2D eigenvalue weighted by atomic mass is 9.99. The van der Waals surface area contributed by atoms with Crippen LogP contribution in [0.5, 0.6) is 17.2 Å². The molecule has 0 amide bonds. The third-order valence-electron chi connectivity index (χ3n) is 2.87. The van der Waals surface area contributed by atoms with Gasteiger partial charge in [0.2, 0.25) is 5.75 Å². The molecule has 5 nitrogen and oxygen atoms in total. The summed E-state index contributed by atoms with van der Waals surface area (Å²) in [6.45, 7) is 1.99. The molecule has 0 radical (unpaired) electrons. The van der Waals surface area contributed by atoms with Crippen LogP contribution >= 0.6 is 0 Å². The van der Waals surface area contributed by atoms with E-state index < -0.39 is 5.97 Å². The van der Waals surface area contributed by atoms with E-state index in [1.165, 1.54) is 27.4 Å². The molecule has 5 heteroatoms. The average Bonchev–Trinajstić information content (AvgIpc) is 2.44. The Morgan fingerprint density at radius 2 is 1.80 bits per heavy atom. The van der Waals surface area contributed by atoms with Crippen LogP contribution in [0.15, 0.2) is 18.2 Å². The fourth-order valence-corrected chi connectivity index (χ4v) is 2.06. The van der Waals surface area contributed by atoms with Gasteiger partial charge in [-0.25, -0.2) is 4.79 Å². The van der Waals surface area contributed by atoms with Crippen molar-refractivity contribution in [2.45, 2.75) is 19.8 Å². The fraction of sp³-hybridized carbons (Fsp3) is 0.400. The van der Waals surface area contributed by atoms with E-state index in [9.17, 15) is 4.79 Å². The van der Waals surface area contributed by atoms with Crippen LogP contribution in [-0.2, 0) is 4.79 Å². The molecule has 0 saturated carbocycles. The number of aliphatic carboxylic acids is 1. The molecule has 0 fully saturated rings. The molecular formula is C15H20O5. The first-order chi connectivity index (χ1) is 9.58. The molecule has 0 aromatic heterocycles. The monoisotopic (exact) mass is 280 g/mol. The maximum atomic E-state index is 11.0. The van der Waals surface area contributed by atoms with Crippen molar-refractivity contribution >= 4 is 11.5 Å². The minimum atomic E-state index is -0.981. The Morgan fingerprint density at radius 3 is 2.25 bits per heavy atom. The van der Waals surface area contributed by atoms with Gasteiger partial charge in [-0.05, 0) is 24.1 Å². The Kier molecular flexibility index (Phi) is 5.90. The minimum absolute atomic E-state index is 0.458. The molecule has 0 atom stereocenters. The highest BCUT2D eigenvalue weighted by molar-refractivity contribution is 5.91. The number of hydrogen-bond acceptors (Lipinski definition) is 4. The summed E-state index contributed by atoms with van der Waals surface area (Å²) in [7, 11) is 4.58. The largest absolute Gasteiger partial charge is 0.493 e. The molecule has 0 aliphatic heterocycles. The van der Waals surface area contributed by atoms with Gasteiger partial charge in [0.25, 0.3) is 0 Å². The lowest BCUT2D eigenvalue weighted by Gasteiger charge is -2.17. The van der Waals surface area contributed by atoms with Crippen molar-refractivity contribution in [2.75, 3.05) is 21.3 Å². The molecule has 0 heterocycles. The topological polar surface area (TPSA) is 65.0 Å². The third-order valence-corrected chi connectivity index (χ3v) is 2.87. The lowest BCUT2D eigenvalue weighted by molar-refractivity contribution is -0.131. The number of allylic oxidation sites excluding steroid dienone is 1. The molecule has 0 spiro atoms. The van der Waals surface area contributed by atoms with Crippen LogP contribution in [0.4, 0.5) is 0 Å². The van der Waals surface area contributed by atoms with Crippen molar-refractivity contribution in [3.8, 4) is 17.2 Å². The molecular weight excluding hydrogens is 260 g/mol. The Labute approximate surface area is 118 Å². The van der Waals surface area contributed by atoms with Crippen LogP contribution < -0.4 is 14.2 Å². The van der Waals surface area contributed by atoms with E-state index >= 15 is 0 Å². The van der Waals surface area contributed by atoms with Gasteiger partial charge in [-0.3, -0.25) is 0 Å². The highest BCUT2D eigenvalue weighted by Crippen LogP contribution is 2.43. The number of benzene rings is 1. The fourth-order valence-electron chi connectivity index (χ4n) is 2.06. The minimum Gasteiger partial charge on any atom is -0.493 e. The average molecular weight is 280 g/mol. The van der Waals surface area contributed by atoms with Gasteiger partial charge in [0.05, 0.1) is 21.3 Å². The van der Waals surface area contributed by atoms with E-state index in [-0.39, 0.29) is 0 Å². The molecule has 0 unspecified atom stereocenters. The first kappa shape index (κ1) is 15.9. The highest BCUT2D eigenvalue weighted by Gasteiger charge is 2.18. The summed E-state index contributed by atoms with van der Waals surface area (Å²) < 4.78 is 15.9. The van der Waals surface area contributed by atoms with Crippen LogP contribution in [0.25, 0.3) is 5.57 Å². The summed E-state index contributed by atoms with van der Waals surface area (Å²) >= 11 is 0. The van der Waals surface area contributed by atoms with Gasteiger partial charge >= 0.3 is 5.97 Å². The van der Waals surface area contributed by atoms with Gasteiger partial charge in [0, 0.05) is 11.6 Å². The molecule has 20 heavy (non-hydrogen) atoms. The quantitative estimate of drug-likeness (QED) is 0.778. The van der Waals surface area contributed by atoms with Crippen molar-refractivity contribution in [3.63, 3.8) is 0 Å². The molecule has 1 rings (SSSR count). The first-order valence-electron chi connectivity index (χ1n) is 6.31. The molecule has 1 N–H and O–H groups in total. The second-order valence-corrected chi connectivity index (χ2v) is 4.14. The van der Waals surface area contributed by atoms with Gasteiger partial charge in [-0.15, -0.1) is 0 Å². The predicted molar refractivity (Wildman–Crippen MR) is 76.6 cm³/mol. The van der Waals surface area contributed by atoms with Crippen LogP contribution in [-0.4, -0.2) is 32.4 Å². The smallest absolute Gasteiger partial charge is 0.328 e. The van der Waals surface area contributed by atoms with Gasteiger partial charge in [0.15, 0.2) is 11.5 Å². The standard InChI is InChI=1S/C15H20O5/c1-5-6-10(9-13(16)17)11-7-8-12(18-2)15(20-4)14(11)19-3/h7-9H,5-6H2,1-4H3,(H,16,17)/b10-9+. The van der Waals surface area contributed by atoms with Gasteiger partial charge < -0.3 is 19.3 Å². The zero-order valence-electron chi connectivity index (χ0n) is 12.2. The zero-order chi connectivity index (χ0) is 15.1. The maximum absolute atomic E-state index is 11.0. The second kappa shape index (κ2) is 7.43. The lowest BCUT2D eigenvalue weighted by Crippen LogP contribution is -2.00. The van der Waals surface area contributed by atoms with E-state index in [1.807, 2.05) is 6.92 Å². The Morgan fingerprint density at radius 1 is 1.15 bits per heavy atom. The normalized spacial score (nSPS) is 11.1. The van der Waals surface area contributed by atoms with Crippen molar-refractivity contribution in [1.82, 2.24) is 0 Å². The number of ether oxygens (including phenoxy) is 3. The van der Waals surface area contributed by atoms with Crippen LogP contribution in [0.1, 0.15) is 25.3 Å².